The van der Waals surface area contributed by atoms with Crippen LogP contribution in [0.5, 0.6) is 0 Å². The van der Waals surface area contributed by atoms with Gasteiger partial charge in [0.05, 0.1) is 10.7 Å². The number of hydrogen-bond acceptors (Lipinski definition) is 6. The van der Waals surface area contributed by atoms with Crippen LogP contribution in [-0.4, -0.2) is 22.7 Å². The molecule has 0 aromatic heterocycles. The molecular weight excluding hydrogens is 332 g/mol. The van der Waals surface area contributed by atoms with E-state index in [4.69, 9.17) is 27.6 Å². The lowest BCUT2D eigenvalue weighted by Gasteiger charge is -2.07. The van der Waals surface area contributed by atoms with Gasteiger partial charge in [-0.05, 0) is 12.1 Å². The number of anilines is 1. The predicted molar refractivity (Wildman–Crippen MR) is 73.5 cm³/mol. The second kappa shape index (κ2) is 6.37. The first-order valence-electron chi connectivity index (χ1n) is 4.67. The molecule has 0 saturated carbocycles. The number of rotatable bonds is 2. The van der Waals surface area contributed by atoms with E-state index in [1.807, 2.05) is 0 Å². The van der Waals surface area contributed by atoms with Crippen LogP contribution in [0, 0.1) is 0 Å². The molecule has 0 bridgehead atoms. The van der Waals surface area contributed by atoms with Crippen LogP contribution in [0.1, 0.15) is 6.92 Å². The first-order chi connectivity index (χ1) is 8.76. The first-order valence-corrected chi connectivity index (χ1v) is 8.14. The molecule has 1 aromatic rings. The van der Waals surface area contributed by atoms with Gasteiger partial charge in [0.2, 0.25) is 26.0 Å². The van der Waals surface area contributed by atoms with Crippen LogP contribution in [0.4, 0.5) is 5.69 Å². The third kappa shape index (κ3) is 5.71. The largest absolute Gasteiger partial charge is 0.398 e. The molecule has 0 aliphatic carbocycles. The highest BCUT2D eigenvalue weighted by molar-refractivity contribution is 7.90. The van der Waals surface area contributed by atoms with Gasteiger partial charge in [-0.2, -0.15) is 0 Å². The van der Waals surface area contributed by atoms with E-state index in [0.29, 0.717) is 0 Å². The summed E-state index contributed by atoms with van der Waals surface area (Å²) in [5.74, 6) is -0.333. The van der Waals surface area contributed by atoms with Crippen molar-refractivity contribution >= 4 is 43.2 Å². The standard InChI is InChI=1S/C6H8ClN3O4S2.C2H5NO/c7-3-1-4(8)6(16(10,13)14)2-5(3)15(9,11)12;1-2(3)4/h1-2H,8H2,(H2,9,11,12)(H2,10,13,14);1H3,(H2,3,4). The number of halogens is 1. The fourth-order valence-corrected chi connectivity index (χ4v) is 2.87. The van der Waals surface area contributed by atoms with Gasteiger partial charge in [0.15, 0.2) is 0 Å². The zero-order chi connectivity index (χ0) is 16.3. The summed E-state index contributed by atoms with van der Waals surface area (Å²) in [6, 6.07) is 1.68. The molecule has 1 rings (SSSR count). The number of nitrogens with two attached hydrogens (primary N) is 4. The monoisotopic (exact) mass is 344 g/mol. The highest BCUT2D eigenvalue weighted by Crippen LogP contribution is 2.28. The summed E-state index contributed by atoms with van der Waals surface area (Å²) < 4.78 is 44.2. The number of benzene rings is 1. The smallest absolute Gasteiger partial charge is 0.240 e. The number of sulfonamides is 2. The molecule has 0 spiro atoms. The molecule has 0 radical (unpaired) electrons. The molecule has 20 heavy (non-hydrogen) atoms. The van der Waals surface area contributed by atoms with Gasteiger partial charge < -0.3 is 11.5 Å². The Hall–Kier alpha value is -1.40. The summed E-state index contributed by atoms with van der Waals surface area (Å²) in [5, 5.41) is 9.39. The predicted octanol–water partition coefficient (Wildman–Crippen LogP) is -1.29. The second-order valence-electron chi connectivity index (χ2n) is 3.52. The van der Waals surface area contributed by atoms with Gasteiger partial charge in [-0.25, -0.2) is 27.1 Å². The normalized spacial score (nSPS) is 11.4. The zero-order valence-corrected chi connectivity index (χ0v) is 12.6. The van der Waals surface area contributed by atoms with E-state index in [9.17, 15) is 21.6 Å². The Morgan fingerprint density at radius 3 is 1.70 bits per heavy atom. The Morgan fingerprint density at radius 1 is 1.05 bits per heavy atom. The molecule has 9 nitrogen and oxygen atoms in total. The van der Waals surface area contributed by atoms with Crippen molar-refractivity contribution in [2.75, 3.05) is 5.73 Å². The Morgan fingerprint density at radius 2 is 1.40 bits per heavy atom. The third-order valence-corrected chi connectivity index (χ3v) is 4.02. The van der Waals surface area contributed by atoms with Crippen LogP contribution in [0.3, 0.4) is 0 Å². The Bertz CT molecular complexity index is 672. The van der Waals surface area contributed by atoms with Crippen molar-refractivity contribution < 1.29 is 21.6 Å². The van der Waals surface area contributed by atoms with E-state index >= 15 is 0 Å². The minimum atomic E-state index is -4.14. The average molecular weight is 345 g/mol. The van der Waals surface area contributed by atoms with E-state index in [2.05, 4.69) is 5.73 Å². The van der Waals surface area contributed by atoms with E-state index in [1.165, 1.54) is 6.92 Å². The number of hydrogen-bond donors (Lipinski definition) is 4. The van der Waals surface area contributed by atoms with Crippen LogP contribution in [0.15, 0.2) is 21.9 Å². The van der Waals surface area contributed by atoms with Crippen LogP contribution in [0.2, 0.25) is 5.02 Å². The molecule has 1 aromatic carbocycles. The number of primary sulfonamides is 2. The summed E-state index contributed by atoms with van der Waals surface area (Å²) in [7, 11) is -8.28. The average Bonchev–Trinajstić information content (AvgIpc) is 2.11. The SMILES string of the molecule is CC(N)=O.Nc1cc(Cl)c(S(N)(=O)=O)cc1S(N)(=O)=O. The maximum absolute atomic E-state index is 11.1. The zero-order valence-electron chi connectivity index (χ0n) is 10.2. The molecule has 8 N–H and O–H groups in total. The lowest BCUT2D eigenvalue weighted by molar-refractivity contribution is -0.115. The van der Waals surface area contributed by atoms with Crippen LogP contribution >= 0.6 is 11.6 Å². The molecule has 0 atom stereocenters. The lowest BCUT2D eigenvalue weighted by atomic mass is 10.3. The quantitative estimate of drug-likeness (QED) is 0.482. The van der Waals surface area contributed by atoms with Crippen molar-refractivity contribution in [2.45, 2.75) is 16.7 Å². The van der Waals surface area contributed by atoms with Gasteiger partial charge in [0.1, 0.15) is 9.79 Å². The summed E-state index contributed by atoms with van der Waals surface area (Å²) in [6.07, 6.45) is 0. The van der Waals surface area contributed by atoms with E-state index < -0.39 is 29.8 Å². The summed E-state index contributed by atoms with van der Waals surface area (Å²) >= 11 is 5.56. The minimum Gasteiger partial charge on any atom is -0.398 e. The highest BCUT2D eigenvalue weighted by Gasteiger charge is 2.20. The minimum absolute atomic E-state index is 0.250. The second-order valence-corrected chi connectivity index (χ2v) is 6.99. The fraction of sp³-hybridized carbons (Fsp3) is 0.125. The highest BCUT2D eigenvalue weighted by atomic mass is 35.5. The molecule has 0 aliphatic heterocycles. The maximum Gasteiger partial charge on any atom is 0.240 e. The number of primary amides is 1. The molecule has 1 amide bonds. The summed E-state index contributed by atoms with van der Waals surface area (Å²) in [6.45, 7) is 1.31. The molecule has 0 saturated heterocycles. The first kappa shape index (κ1) is 18.6. The Balaban J connectivity index is 0.000000796. The third-order valence-electron chi connectivity index (χ3n) is 1.68. The molecule has 0 fully saturated rings. The molecular formula is C8H13ClN4O5S2. The molecule has 0 unspecified atom stereocenters. The van der Waals surface area contributed by atoms with Crippen molar-refractivity contribution in [2.24, 2.45) is 16.0 Å². The van der Waals surface area contributed by atoms with Crippen molar-refractivity contribution in [3.8, 4) is 0 Å². The van der Waals surface area contributed by atoms with E-state index in [0.717, 1.165) is 12.1 Å². The molecule has 0 heterocycles. The number of carbonyl (C=O) groups is 1. The number of nitrogen functional groups attached to an aromatic ring is 1. The topological polar surface area (TPSA) is 189 Å². The fourth-order valence-electron chi connectivity index (χ4n) is 1.01. The number of amides is 1. The van der Waals surface area contributed by atoms with Crippen LogP contribution in [-0.2, 0) is 24.8 Å². The van der Waals surface area contributed by atoms with Gasteiger partial charge in [-0.3, -0.25) is 4.79 Å². The van der Waals surface area contributed by atoms with Crippen LogP contribution in [0.25, 0.3) is 0 Å². The summed E-state index contributed by atoms with van der Waals surface area (Å²) in [5.41, 5.74) is 9.56. The van der Waals surface area contributed by atoms with Gasteiger partial charge in [-0.15, -0.1) is 0 Å². The van der Waals surface area contributed by atoms with E-state index in [-0.39, 0.29) is 16.6 Å². The van der Waals surface area contributed by atoms with Crippen molar-refractivity contribution in [3.05, 3.63) is 17.2 Å². The van der Waals surface area contributed by atoms with Gasteiger partial charge in [0, 0.05) is 6.92 Å². The van der Waals surface area contributed by atoms with Gasteiger partial charge in [0.25, 0.3) is 0 Å². The Labute approximate surface area is 121 Å². The van der Waals surface area contributed by atoms with Crippen molar-refractivity contribution in [3.63, 3.8) is 0 Å². The molecule has 12 heteroatoms. The lowest BCUT2D eigenvalue weighted by Crippen LogP contribution is -2.18. The van der Waals surface area contributed by atoms with Crippen LogP contribution < -0.4 is 21.7 Å². The maximum atomic E-state index is 11.1. The van der Waals surface area contributed by atoms with Gasteiger partial charge in [-0.1, -0.05) is 11.6 Å². The van der Waals surface area contributed by atoms with Crippen molar-refractivity contribution in [1.82, 2.24) is 0 Å². The molecule has 0 aliphatic rings. The molecule has 114 valence electrons. The Kier molecular flexibility index (Phi) is 5.92. The van der Waals surface area contributed by atoms with E-state index in [1.54, 1.807) is 0 Å². The summed E-state index contributed by atoms with van der Waals surface area (Å²) in [4.78, 5) is 8.13. The number of carbonyl (C=O) groups excluding carboxylic acids is 1. The van der Waals surface area contributed by atoms with Gasteiger partial charge >= 0.3 is 0 Å². The van der Waals surface area contributed by atoms with Crippen molar-refractivity contribution in [1.29, 1.82) is 0 Å².